The molecule has 1 saturated heterocycles. The van der Waals surface area contributed by atoms with Crippen molar-refractivity contribution in [2.75, 3.05) is 31.2 Å². The lowest BCUT2D eigenvalue weighted by Gasteiger charge is -2.30. The number of imidazole rings is 1. The van der Waals surface area contributed by atoms with Crippen LogP contribution in [0.3, 0.4) is 0 Å². The maximum Gasteiger partial charge on any atom is 0.420 e. The lowest BCUT2D eigenvalue weighted by Crippen LogP contribution is -2.42. The Morgan fingerprint density at radius 3 is 2.51 bits per heavy atom. The van der Waals surface area contributed by atoms with Crippen LogP contribution >= 0.6 is 11.6 Å². The summed E-state index contributed by atoms with van der Waals surface area (Å²) in [4.78, 5) is 12.3. The molecule has 2 fully saturated rings. The molecular weight excluding hydrogens is 555 g/mol. The second kappa shape index (κ2) is 11.0. The highest BCUT2D eigenvalue weighted by Crippen LogP contribution is 2.36. The van der Waals surface area contributed by atoms with E-state index in [1.807, 2.05) is 18.2 Å². The van der Waals surface area contributed by atoms with Gasteiger partial charge in [0.15, 0.2) is 0 Å². The number of hydrogen-bond donors (Lipinski definition) is 2. The molecule has 2 aliphatic rings. The van der Waals surface area contributed by atoms with Crippen molar-refractivity contribution in [1.29, 1.82) is 0 Å². The average molecular weight is 584 g/mol. The maximum absolute atomic E-state index is 13.8. The molecule has 2 N–H and O–H groups in total. The van der Waals surface area contributed by atoms with Crippen LogP contribution in [0.5, 0.6) is 0 Å². The van der Waals surface area contributed by atoms with Crippen LogP contribution in [-0.4, -0.2) is 64.2 Å². The van der Waals surface area contributed by atoms with Gasteiger partial charge in [-0.15, -0.1) is 0 Å². The van der Waals surface area contributed by atoms with Gasteiger partial charge < -0.3 is 15.2 Å². The highest BCUT2D eigenvalue weighted by atomic mass is 35.5. The SMILES string of the molecule is CS(=O)(=O)N1CCC(Nc2ncc(C(F)(F)F)c(-c3cn(-c4ccc(CNCC5CC5)cc4Cl)cn3)n2)CC1. The van der Waals surface area contributed by atoms with Crippen LogP contribution in [-0.2, 0) is 22.7 Å². The lowest BCUT2D eigenvalue weighted by molar-refractivity contribution is -0.137. The Kier molecular flexibility index (Phi) is 7.86. The number of hydrogen-bond acceptors (Lipinski definition) is 7. The smallest absolute Gasteiger partial charge is 0.351 e. The van der Waals surface area contributed by atoms with Gasteiger partial charge in [0.05, 0.1) is 17.0 Å². The summed E-state index contributed by atoms with van der Waals surface area (Å²) in [6.07, 6.45) is 3.55. The summed E-state index contributed by atoms with van der Waals surface area (Å²) in [6.45, 7) is 2.28. The molecule has 0 spiro atoms. The van der Waals surface area contributed by atoms with E-state index in [9.17, 15) is 21.6 Å². The summed E-state index contributed by atoms with van der Waals surface area (Å²) in [5.74, 6) is 0.780. The van der Waals surface area contributed by atoms with E-state index in [2.05, 4.69) is 25.6 Å². The summed E-state index contributed by atoms with van der Waals surface area (Å²) in [6, 6.07) is 5.38. The minimum atomic E-state index is -4.69. The predicted octanol–water partition coefficient (Wildman–Crippen LogP) is 4.34. The van der Waals surface area contributed by atoms with Crippen LogP contribution in [0.15, 0.2) is 36.9 Å². The summed E-state index contributed by atoms with van der Waals surface area (Å²) in [7, 11) is -3.29. The minimum Gasteiger partial charge on any atom is -0.351 e. The molecule has 5 rings (SSSR count). The first-order chi connectivity index (χ1) is 18.5. The third-order valence-corrected chi connectivity index (χ3v) is 8.53. The van der Waals surface area contributed by atoms with Gasteiger partial charge in [-0.1, -0.05) is 17.7 Å². The topological polar surface area (TPSA) is 105 Å². The fraction of sp³-hybridized carbons (Fsp3) is 0.480. The number of anilines is 1. The standard InChI is InChI=1S/C25H29ClF3N7O2S/c1-39(37,38)36-8-6-18(7-9-36)33-24-31-13-19(25(27,28)29)23(34-24)21-14-35(15-32-21)22-5-4-17(10-20(22)26)12-30-11-16-2-3-16/h4-5,10,13-16,18,30H,2-3,6-9,11-12H2,1H3,(H,31,33,34). The molecule has 0 atom stereocenters. The van der Waals surface area contributed by atoms with Gasteiger partial charge >= 0.3 is 6.18 Å². The van der Waals surface area contributed by atoms with Crippen molar-refractivity contribution in [3.8, 4) is 17.1 Å². The van der Waals surface area contributed by atoms with Crippen molar-refractivity contribution in [2.45, 2.75) is 44.4 Å². The van der Waals surface area contributed by atoms with Gasteiger partial charge in [-0.25, -0.2) is 27.7 Å². The van der Waals surface area contributed by atoms with Crippen LogP contribution in [0.2, 0.25) is 5.02 Å². The summed E-state index contributed by atoms with van der Waals surface area (Å²) in [5.41, 5.74) is 0.251. The van der Waals surface area contributed by atoms with Gasteiger partial charge in [-0.2, -0.15) is 13.2 Å². The van der Waals surface area contributed by atoms with Crippen molar-refractivity contribution in [3.63, 3.8) is 0 Å². The molecule has 3 heterocycles. The second-order valence-corrected chi connectivity index (χ2v) is 12.5. The Balaban J connectivity index is 1.34. The largest absolute Gasteiger partial charge is 0.420 e. The fourth-order valence-corrected chi connectivity index (χ4v) is 5.73. The molecule has 3 aromatic rings. The van der Waals surface area contributed by atoms with Crippen molar-refractivity contribution < 1.29 is 21.6 Å². The monoisotopic (exact) mass is 583 g/mol. The molecule has 0 unspecified atom stereocenters. The van der Waals surface area contributed by atoms with Gasteiger partial charge in [-0.05, 0) is 55.8 Å². The van der Waals surface area contributed by atoms with E-state index in [0.717, 1.165) is 30.5 Å². The molecule has 1 aliphatic heterocycles. The highest BCUT2D eigenvalue weighted by Gasteiger charge is 2.36. The Hall–Kier alpha value is -2.74. The summed E-state index contributed by atoms with van der Waals surface area (Å²) < 4.78 is 68.0. The Morgan fingerprint density at radius 2 is 1.87 bits per heavy atom. The molecule has 0 amide bonds. The third-order valence-electron chi connectivity index (χ3n) is 6.92. The molecular formula is C25H29ClF3N7O2S. The van der Waals surface area contributed by atoms with Gasteiger partial charge in [0, 0.05) is 38.1 Å². The quantitative estimate of drug-likeness (QED) is 0.386. The zero-order valence-electron chi connectivity index (χ0n) is 21.2. The zero-order chi connectivity index (χ0) is 27.8. The first-order valence-electron chi connectivity index (χ1n) is 12.7. The van der Waals surface area contributed by atoms with Crippen molar-refractivity contribution >= 4 is 27.6 Å². The number of rotatable bonds is 9. The predicted molar refractivity (Wildman–Crippen MR) is 142 cm³/mol. The molecule has 39 heavy (non-hydrogen) atoms. The average Bonchev–Trinajstić information content (AvgIpc) is 3.56. The Labute approximate surface area is 229 Å². The number of nitrogens with zero attached hydrogens (tertiary/aromatic N) is 5. The van der Waals surface area contributed by atoms with Crippen molar-refractivity contribution in [1.82, 2.24) is 29.1 Å². The second-order valence-electron chi connectivity index (χ2n) is 10.1. The molecule has 9 nitrogen and oxygen atoms in total. The van der Waals surface area contributed by atoms with E-state index >= 15 is 0 Å². The van der Waals surface area contributed by atoms with Gasteiger partial charge in [0.25, 0.3) is 0 Å². The van der Waals surface area contributed by atoms with E-state index in [1.165, 1.54) is 29.7 Å². The first kappa shape index (κ1) is 27.8. The minimum absolute atomic E-state index is 0.0194. The fourth-order valence-electron chi connectivity index (χ4n) is 4.56. The molecule has 1 aromatic carbocycles. The van der Waals surface area contributed by atoms with Crippen LogP contribution in [0.4, 0.5) is 19.1 Å². The third kappa shape index (κ3) is 6.89. The molecule has 1 saturated carbocycles. The highest BCUT2D eigenvalue weighted by molar-refractivity contribution is 7.88. The van der Waals surface area contributed by atoms with Crippen molar-refractivity contribution in [2.24, 2.45) is 5.92 Å². The Bertz CT molecular complexity index is 1440. The van der Waals surface area contributed by atoms with E-state index in [-0.39, 0.29) is 23.4 Å². The Morgan fingerprint density at radius 1 is 1.13 bits per heavy atom. The number of aromatic nitrogens is 4. The lowest BCUT2D eigenvalue weighted by atomic mass is 10.1. The molecule has 1 aliphatic carbocycles. The molecule has 0 bridgehead atoms. The zero-order valence-corrected chi connectivity index (χ0v) is 22.8. The summed E-state index contributed by atoms with van der Waals surface area (Å²) in [5, 5.41) is 6.91. The van der Waals surface area contributed by atoms with Gasteiger partial charge in [0.2, 0.25) is 16.0 Å². The number of piperidine rings is 1. The van der Waals surface area contributed by atoms with Gasteiger partial charge in [-0.3, -0.25) is 0 Å². The first-order valence-corrected chi connectivity index (χ1v) is 14.9. The summed E-state index contributed by atoms with van der Waals surface area (Å²) >= 11 is 6.52. The molecule has 0 radical (unpaired) electrons. The number of sulfonamides is 1. The number of halogens is 4. The number of alkyl halides is 3. The molecule has 14 heteroatoms. The number of nitrogens with one attached hydrogen (secondary N) is 2. The van der Waals surface area contributed by atoms with Gasteiger partial charge in [0.1, 0.15) is 23.3 Å². The van der Waals surface area contributed by atoms with Crippen LogP contribution in [0, 0.1) is 5.92 Å². The van der Waals surface area contributed by atoms with E-state index in [4.69, 9.17) is 11.6 Å². The molecule has 2 aromatic heterocycles. The van der Waals surface area contributed by atoms with E-state index in [1.54, 1.807) is 4.57 Å². The van der Waals surface area contributed by atoms with Crippen LogP contribution in [0.1, 0.15) is 36.8 Å². The van der Waals surface area contributed by atoms with Crippen LogP contribution in [0.25, 0.3) is 17.1 Å². The van der Waals surface area contributed by atoms with E-state index in [0.29, 0.717) is 43.2 Å². The van der Waals surface area contributed by atoms with E-state index < -0.39 is 21.8 Å². The normalized spacial score (nSPS) is 17.5. The molecule has 210 valence electrons. The van der Waals surface area contributed by atoms with Crippen LogP contribution < -0.4 is 10.6 Å². The maximum atomic E-state index is 13.8. The number of benzene rings is 1. The van der Waals surface area contributed by atoms with Crippen molar-refractivity contribution in [3.05, 3.63) is 53.1 Å².